The first-order valence-electron chi connectivity index (χ1n) is 8.92. The number of nitrogens with zero attached hydrogens (tertiary/aromatic N) is 4. The Morgan fingerprint density at radius 1 is 1.19 bits per heavy atom. The van der Waals surface area contributed by atoms with Crippen LogP contribution in [0.25, 0.3) is 5.82 Å². The van der Waals surface area contributed by atoms with Gasteiger partial charge in [0.05, 0.1) is 0 Å². The second-order valence-corrected chi connectivity index (χ2v) is 6.81. The van der Waals surface area contributed by atoms with Crippen molar-refractivity contribution < 1.29 is 0 Å². The van der Waals surface area contributed by atoms with Crippen LogP contribution in [0.2, 0.25) is 0 Å². The number of pyridine rings is 1. The summed E-state index contributed by atoms with van der Waals surface area (Å²) in [4.78, 5) is 13.0. The highest BCUT2D eigenvalue weighted by molar-refractivity contribution is 14.0. The Hall–Kier alpha value is -1.64. The van der Waals surface area contributed by atoms with Crippen LogP contribution >= 0.6 is 24.0 Å². The lowest BCUT2D eigenvalue weighted by molar-refractivity contribution is 0.489. The summed E-state index contributed by atoms with van der Waals surface area (Å²) in [5.41, 5.74) is 1.11. The zero-order chi connectivity index (χ0) is 18.2. The quantitative estimate of drug-likeness (QED) is 0.368. The van der Waals surface area contributed by atoms with Crippen LogP contribution in [0.4, 0.5) is 0 Å². The van der Waals surface area contributed by atoms with E-state index in [0.29, 0.717) is 12.6 Å². The number of aromatic nitrogens is 3. The fourth-order valence-corrected chi connectivity index (χ4v) is 2.55. The summed E-state index contributed by atoms with van der Waals surface area (Å²) in [7, 11) is 1.80. The van der Waals surface area contributed by atoms with Crippen LogP contribution < -0.4 is 10.6 Å². The normalized spacial score (nSPS) is 12.6. The molecule has 2 aromatic heterocycles. The molecule has 6 nitrogen and oxygen atoms in total. The van der Waals surface area contributed by atoms with Crippen molar-refractivity contribution in [1.29, 1.82) is 0 Å². The van der Waals surface area contributed by atoms with Gasteiger partial charge in [-0.1, -0.05) is 19.9 Å². The van der Waals surface area contributed by atoms with Crippen LogP contribution in [0.3, 0.4) is 0 Å². The summed E-state index contributed by atoms with van der Waals surface area (Å²) < 4.78 is 1.97. The predicted octanol–water partition coefficient (Wildman–Crippen LogP) is 3.68. The van der Waals surface area contributed by atoms with Crippen LogP contribution in [-0.4, -0.2) is 33.6 Å². The average Bonchev–Trinajstić information content (AvgIpc) is 3.03. The second-order valence-electron chi connectivity index (χ2n) is 6.81. The molecule has 0 aliphatic rings. The van der Waals surface area contributed by atoms with E-state index >= 15 is 0 Å². The summed E-state index contributed by atoms with van der Waals surface area (Å²) in [6, 6.07) is 4.48. The number of guanidine groups is 1. The van der Waals surface area contributed by atoms with Gasteiger partial charge in [0.2, 0.25) is 0 Å². The minimum Gasteiger partial charge on any atom is -0.354 e. The van der Waals surface area contributed by atoms with E-state index in [9.17, 15) is 0 Å². The van der Waals surface area contributed by atoms with Gasteiger partial charge in [0.25, 0.3) is 0 Å². The molecule has 0 saturated heterocycles. The zero-order valence-electron chi connectivity index (χ0n) is 16.4. The SMILES string of the molecule is CN=C(NCc1ccc(-n2ccnc2C)nc1)NC(C)CCC(C)C.I. The molecule has 26 heavy (non-hydrogen) atoms. The lowest BCUT2D eigenvalue weighted by atomic mass is 10.0. The van der Waals surface area contributed by atoms with Crippen molar-refractivity contribution in [3.63, 3.8) is 0 Å². The molecule has 0 radical (unpaired) electrons. The van der Waals surface area contributed by atoms with Gasteiger partial charge in [-0.2, -0.15) is 0 Å². The Morgan fingerprint density at radius 3 is 2.50 bits per heavy atom. The van der Waals surface area contributed by atoms with Crippen molar-refractivity contribution in [2.75, 3.05) is 7.05 Å². The summed E-state index contributed by atoms with van der Waals surface area (Å²) in [5.74, 6) is 3.36. The minimum absolute atomic E-state index is 0. The van der Waals surface area contributed by atoms with Crippen molar-refractivity contribution in [2.45, 2.75) is 53.1 Å². The van der Waals surface area contributed by atoms with Crippen molar-refractivity contribution >= 4 is 29.9 Å². The van der Waals surface area contributed by atoms with Gasteiger partial charge in [0.1, 0.15) is 11.6 Å². The number of hydrogen-bond acceptors (Lipinski definition) is 3. The van der Waals surface area contributed by atoms with Crippen LogP contribution in [0.15, 0.2) is 35.7 Å². The Kier molecular flexibility index (Phi) is 9.61. The fourth-order valence-electron chi connectivity index (χ4n) is 2.55. The number of nitrogens with one attached hydrogen (secondary N) is 2. The zero-order valence-corrected chi connectivity index (χ0v) is 18.7. The largest absolute Gasteiger partial charge is 0.354 e. The van der Waals surface area contributed by atoms with E-state index in [1.165, 1.54) is 6.42 Å². The molecule has 2 aromatic rings. The molecule has 0 spiro atoms. The first kappa shape index (κ1) is 22.4. The van der Waals surface area contributed by atoms with Gasteiger partial charge in [-0.05, 0) is 44.2 Å². The molecule has 144 valence electrons. The molecule has 2 rings (SSSR count). The van der Waals surface area contributed by atoms with E-state index in [2.05, 4.69) is 52.4 Å². The molecule has 2 N–H and O–H groups in total. The molecule has 2 heterocycles. The molecule has 1 atom stereocenters. The van der Waals surface area contributed by atoms with Crippen LogP contribution in [0, 0.1) is 12.8 Å². The third-order valence-electron chi connectivity index (χ3n) is 4.13. The number of rotatable bonds is 7. The van der Waals surface area contributed by atoms with Gasteiger partial charge in [0.15, 0.2) is 5.96 Å². The lowest BCUT2D eigenvalue weighted by Crippen LogP contribution is -2.41. The number of imidazole rings is 1. The van der Waals surface area contributed by atoms with Gasteiger partial charge in [0, 0.05) is 38.2 Å². The first-order chi connectivity index (χ1) is 12.0. The van der Waals surface area contributed by atoms with Gasteiger partial charge >= 0.3 is 0 Å². The van der Waals surface area contributed by atoms with E-state index in [0.717, 1.165) is 35.5 Å². The van der Waals surface area contributed by atoms with E-state index in [-0.39, 0.29) is 24.0 Å². The maximum atomic E-state index is 4.52. The van der Waals surface area contributed by atoms with E-state index < -0.39 is 0 Å². The Morgan fingerprint density at radius 2 is 1.96 bits per heavy atom. The Labute approximate surface area is 174 Å². The maximum absolute atomic E-state index is 4.52. The summed E-state index contributed by atoms with van der Waals surface area (Å²) in [6.07, 6.45) is 7.93. The Bertz CT molecular complexity index is 678. The minimum atomic E-state index is 0. The van der Waals surface area contributed by atoms with Gasteiger partial charge in [-0.25, -0.2) is 9.97 Å². The summed E-state index contributed by atoms with van der Waals surface area (Å²) >= 11 is 0. The molecule has 0 aliphatic carbocycles. The van der Waals surface area contributed by atoms with E-state index in [4.69, 9.17) is 0 Å². The predicted molar refractivity (Wildman–Crippen MR) is 118 cm³/mol. The molecule has 0 aliphatic heterocycles. The monoisotopic (exact) mass is 470 g/mol. The number of aliphatic imine (C=N–C) groups is 1. The molecule has 0 fully saturated rings. The molecule has 7 heteroatoms. The summed E-state index contributed by atoms with van der Waals surface area (Å²) in [6.45, 7) is 9.35. The standard InChI is InChI=1S/C19H30N6.HI/c1-14(2)6-7-15(3)24-19(20-5)23-13-17-8-9-18(22-12-17)25-11-10-21-16(25)4;/h8-12,14-15H,6-7,13H2,1-5H3,(H2,20,23,24);1H. The van der Waals surface area contributed by atoms with Gasteiger partial charge in [-0.15, -0.1) is 24.0 Å². The van der Waals surface area contributed by atoms with Gasteiger partial charge in [-0.3, -0.25) is 9.56 Å². The average molecular weight is 470 g/mol. The topological polar surface area (TPSA) is 67.1 Å². The van der Waals surface area contributed by atoms with Crippen LogP contribution in [-0.2, 0) is 6.54 Å². The maximum Gasteiger partial charge on any atom is 0.191 e. The highest BCUT2D eigenvalue weighted by Gasteiger charge is 2.07. The molecule has 0 bridgehead atoms. The van der Waals surface area contributed by atoms with Gasteiger partial charge < -0.3 is 10.6 Å². The number of halogens is 1. The van der Waals surface area contributed by atoms with Crippen molar-refractivity contribution in [3.05, 3.63) is 42.1 Å². The molecule has 0 amide bonds. The van der Waals surface area contributed by atoms with Crippen molar-refractivity contribution in [2.24, 2.45) is 10.9 Å². The molecule has 1 unspecified atom stereocenters. The second kappa shape index (κ2) is 11.2. The third kappa shape index (κ3) is 6.93. The molecule has 0 saturated carbocycles. The highest BCUT2D eigenvalue weighted by atomic mass is 127. The third-order valence-corrected chi connectivity index (χ3v) is 4.13. The van der Waals surface area contributed by atoms with Crippen molar-refractivity contribution in [1.82, 2.24) is 25.2 Å². The first-order valence-corrected chi connectivity index (χ1v) is 8.92. The van der Waals surface area contributed by atoms with Crippen LogP contribution in [0.5, 0.6) is 0 Å². The fraction of sp³-hybridized carbons (Fsp3) is 0.526. The highest BCUT2D eigenvalue weighted by Crippen LogP contribution is 2.08. The van der Waals surface area contributed by atoms with Crippen LogP contribution in [0.1, 0.15) is 45.0 Å². The smallest absolute Gasteiger partial charge is 0.191 e. The number of hydrogen-bond donors (Lipinski definition) is 2. The molecule has 0 aromatic carbocycles. The van der Waals surface area contributed by atoms with Crippen molar-refractivity contribution in [3.8, 4) is 5.82 Å². The van der Waals surface area contributed by atoms with E-state index in [1.807, 2.05) is 30.0 Å². The Balaban J connectivity index is 0.00000338. The van der Waals surface area contributed by atoms with E-state index in [1.54, 1.807) is 13.2 Å². The molecular weight excluding hydrogens is 439 g/mol. The number of aryl methyl sites for hydroxylation is 1. The lowest BCUT2D eigenvalue weighted by Gasteiger charge is -2.18. The molecular formula is C19H31IN6. The summed E-state index contributed by atoms with van der Waals surface area (Å²) in [5, 5.41) is 6.79.